The van der Waals surface area contributed by atoms with Gasteiger partial charge in [-0.2, -0.15) is 0 Å². The van der Waals surface area contributed by atoms with Crippen molar-refractivity contribution in [1.82, 2.24) is 14.8 Å². The lowest BCUT2D eigenvalue weighted by Crippen LogP contribution is -2.48. The number of rotatable bonds is 4. The standard InChI is InChI=1S/C21H23N3O2S2/c25-20(14-28-21-22-17-3-1-2-4-18(17)26-21)23-9-5-16(6-10-23)24-11-7-19-15(13-24)8-12-27-19/h1-4,8,12,16H,5-7,9-11,13-14H2. The van der Waals surface area contributed by atoms with Crippen molar-refractivity contribution in [3.8, 4) is 0 Å². The molecule has 5 rings (SSSR count). The van der Waals surface area contributed by atoms with E-state index in [0.717, 1.165) is 50.1 Å². The molecule has 2 aliphatic rings. The number of benzene rings is 1. The Kier molecular flexibility index (Phi) is 5.13. The van der Waals surface area contributed by atoms with Gasteiger partial charge in [-0.3, -0.25) is 9.69 Å². The number of nitrogens with zero attached hydrogens (tertiary/aromatic N) is 3. The fourth-order valence-electron chi connectivity index (χ4n) is 4.19. The molecule has 0 radical (unpaired) electrons. The van der Waals surface area contributed by atoms with Crippen LogP contribution in [0.2, 0.25) is 0 Å². The van der Waals surface area contributed by atoms with Crippen LogP contribution in [0.25, 0.3) is 11.1 Å². The molecule has 0 N–H and O–H groups in total. The van der Waals surface area contributed by atoms with Gasteiger partial charge in [-0.1, -0.05) is 23.9 Å². The summed E-state index contributed by atoms with van der Waals surface area (Å²) < 4.78 is 5.70. The largest absolute Gasteiger partial charge is 0.431 e. The third-order valence-corrected chi connectivity index (χ3v) is 7.60. The van der Waals surface area contributed by atoms with Crippen LogP contribution in [0, 0.1) is 0 Å². The fraction of sp³-hybridized carbons (Fsp3) is 0.429. The number of amides is 1. The van der Waals surface area contributed by atoms with Gasteiger partial charge in [0.1, 0.15) is 5.52 Å². The molecule has 0 unspecified atom stereocenters. The number of carbonyl (C=O) groups is 1. The first-order valence-electron chi connectivity index (χ1n) is 9.82. The van der Waals surface area contributed by atoms with Gasteiger partial charge < -0.3 is 9.32 Å². The molecule has 1 amide bonds. The summed E-state index contributed by atoms with van der Waals surface area (Å²) in [7, 11) is 0. The molecular formula is C21H23N3O2S2. The zero-order chi connectivity index (χ0) is 18.9. The van der Waals surface area contributed by atoms with Gasteiger partial charge in [-0.05, 0) is 48.4 Å². The monoisotopic (exact) mass is 413 g/mol. The number of thioether (sulfide) groups is 1. The SMILES string of the molecule is O=C(CSc1nc2ccccc2o1)N1CCC(N2CCc3sccc3C2)CC1. The average molecular weight is 414 g/mol. The number of thiophene rings is 1. The summed E-state index contributed by atoms with van der Waals surface area (Å²) in [6.07, 6.45) is 3.31. The van der Waals surface area contributed by atoms with Gasteiger partial charge in [0.2, 0.25) is 5.91 Å². The highest BCUT2D eigenvalue weighted by molar-refractivity contribution is 7.99. The van der Waals surface area contributed by atoms with E-state index in [9.17, 15) is 4.79 Å². The first kappa shape index (κ1) is 18.2. The molecule has 1 aromatic carbocycles. The van der Waals surface area contributed by atoms with Crippen LogP contribution >= 0.6 is 23.1 Å². The Morgan fingerprint density at radius 3 is 2.93 bits per heavy atom. The number of hydrogen-bond donors (Lipinski definition) is 0. The molecule has 0 atom stereocenters. The van der Waals surface area contributed by atoms with Crippen LogP contribution in [0.4, 0.5) is 0 Å². The van der Waals surface area contributed by atoms with Crippen LogP contribution in [0.3, 0.4) is 0 Å². The van der Waals surface area contributed by atoms with Crippen molar-refractivity contribution in [2.24, 2.45) is 0 Å². The van der Waals surface area contributed by atoms with Crippen molar-refractivity contribution < 1.29 is 9.21 Å². The molecule has 0 spiro atoms. The molecule has 28 heavy (non-hydrogen) atoms. The van der Waals surface area contributed by atoms with Crippen molar-refractivity contribution in [3.63, 3.8) is 0 Å². The van der Waals surface area contributed by atoms with Crippen LogP contribution in [0.15, 0.2) is 45.4 Å². The van der Waals surface area contributed by atoms with Gasteiger partial charge >= 0.3 is 0 Å². The smallest absolute Gasteiger partial charge is 0.257 e. The predicted octanol–water partition coefficient (Wildman–Crippen LogP) is 4.03. The van der Waals surface area contributed by atoms with Crippen LogP contribution in [-0.2, 0) is 17.8 Å². The predicted molar refractivity (Wildman–Crippen MR) is 113 cm³/mol. The van der Waals surface area contributed by atoms with Gasteiger partial charge in [0, 0.05) is 37.1 Å². The van der Waals surface area contributed by atoms with Gasteiger partial charge in [0.15, 0.2) is 5.58 Å². The first-order chi connectivity index (χ1) is 13.8. The molecule has 2 aromatic heterocycles. The maximum absolute atomic E-state index is 12.6. The molecule has 1 fully saturated rings. The number of likely N-dealkylation sites (tertiary alicyclic amines) is 1. The minimum atomic E-state index is 0.185. The number of oxazole rings is 1. The van der Waals surface area contributed by atoms with Gasteiger partial charge in [-0.25, -0.2) is 4.98 Å². The Bertz CT molecular complexity index is 942. The highest BCUT2D eigenvalue weighted by atomic mass is 32.2. The normalized spacial score (nSPS) is 18.5. The first-order valence-corrected chi connectivity index (χ1v) is 11.7. The second-order valence-electron chi connectivity index (χ2n) is 7.44. The van der Waals surface area contributed by atoms with E-state index in [-0.39, 0.29) is 5.91 Å². The number of carbonyl (C=O) groups excluding carboxylic acids is 1. The molecule has 1 saturated heterocycles. The Balaban J connectivity index is 1.12. The summed E-state index contributed by atoms with van der Waals surface area (Å²) in [5.74, 6) is 0.573. The number of aromatic nitrogens is 1. The van der Waals surface area contributed by atoms with E-state index in [1.165, 1.54) is 23.7 Å². The summed E-state index contributed by atoms with van der Waals surface area (Å²) in [5, 5.41) is 2.79. The topological polar surface area (TPSA) is 49.6 Å². The highest BCUT2D eigenvalue weighted by Gasteiger charge is 2.29. The van der Waals surface area contributed by atoms with Crippen LogP contribution in [0.1, 0.15) is 23.3 Å². The molecule has 0 saturated carbocycles. The van der Waals surface area contributed by atoms with E-state index in [1.807, 2.05) is 40.5 Å². The number of piperidine rings is 1. The fourth-order valence-corrected chi connectivity index (χ4v) is 5.82. The van der Waals surface area contributed by atoms with E-state index in [2.05, 4.69) is 21.3 Å². The second kappa shape index (κ2) is 7.89. The maximum Gasteiger partial charge on any atom is 0.257 e. The molecule has 3 aromatic rings. The van der Waals surface area contributed by atoms with Crippen molar-refractivity contribution in [3.05, 3.63) is 46.2 Å². The molecule has 2 aliphatic heterocycles. The zero-order valence-electron chi connectivity index (χ0n) is 15.7. The molecular weight excluding hydrogens is 390 g/mol. The van der Waals surface area contributed by atoms with Gasteiger partial charge in [0.05, 0.1) is 5.75 Å². The minimum absolute atomic E-state index is 0.185. The molecule has 5 nitrogen and oxygen atoms in total. The van der Waals surface area contributed by atoms with E-state index < -0.39 is 0 Å². The van der Waals surface area contributed by atoms with Gasteiger partial charge in [0.25, 0.3) is 5.22 Å². The number of para-hydroxylation sites is 2. The molecule has 146 valence electrons. The van der Waals surface area contributed by atoms with Gasteiger partial charge in [-0.15, -0.1) is 11.3 Å². The van der Waals surface area contributed by atoms with Crippen molar-refractivity contribution in [2.45, 2.75) is 37.1 Å². The lowest BCUT2D eigenvalue weighted by atomic mass is 9.99. The van der Waals surface area contributed by atoms with Crippen LogP contribution in [-0.4, -0.2) is 52.1 Å². The third-order valence-electron chi connectivity index (χ3n) is 5.76. The van der Waals surface area contributed by atoms with E-state index >= 15 is 0 Å². The van der Waals surface area contributed by atoms with E-state index in [1.54, 1.807) is 4.88 Å². The van der Waals surface area contributed by atoms with Crippen LogP contribution < -0.4 is 0 Å². The lowest BCUT2D eigenvalue weighted by Gasteiger charge is -2.40. The second-order valence-corrected chi connectivity index (χ2v) is 9.36. The number of hydrogen-bond acceptors (Lipinski definition) is 6. The zero-order valence-corrected chi connectivity index (χ0v) is 17.3. The molecule has 7 heteroatoms. The number of fused-ring (bicyclic) bond motifs is 2. The maximum atomic E-state index is 12.6. The highest BCUT2D eigenvalue weighted by Crippen LogP contribution is 2.28. The Labute approximate surface area is 172 Å². The molecule has 0 aliphatic carbocycles. The summed E-state index contributed by atoms with van der Waals surface area (Å²) in [6.45, 7) is 3.93. The third kappa shape index (κ3) is 3.71. The Morgan fingerprint density at radius 1 is 1.21 bits per heavy atom. The Hall–Kier alpha value is -1.83. The van der Waals surface area contributed by atoms with Crippen LogP contribution in [0.5, 0.6) is 0 Å². The summed E-state index contributed by atoms with van der Waals surface area (Å²) >= 11 is 3.28. The average Bonchev–Trinajstić information content (AvgIpc) is 3.37. The summed E-state index contributed by atoms with van der Waals surface area (Å²) in [5.41, 5.74) is 3.12. The quantitative estimate of drug-likeness (QED) is 0.605. The van der Waals surface area contributed by atoms with Crippen molar-refractivity contribution in [1.29, 1.82) is 0 Å². The molecule has 0 bridgehead atoms. The Morgan fingerprint density at radius 2 is 2.07 bits per heavy atom. The molecule has 4 heterocycles. The summed E-state index contributed by atoms with van der Waals surface area (Å²) in [4.78, 5) is 23.2. The summed E-state index contributed by atoms with van der Waals surface area (Å²) in [6, 6.07) is 10.6. The van der Waals surface area contributed by atoms with Crippen molar-refractivity contribution in [2.75, 3.05) is 25.4 Å². The minimum Gasteiger partial charge on any atom is -0.431 e. The van der Waals surface area contributed by atoms with E-state index in [0.29, 0.717) is 17.0 Å². The van der Waals surface area contributed by atoms with Crippen molar-refractivity contribution >= 4 is 40.1 Å². The van der Waals surface area contributed by atoms with E-state index in [4.69, 9.17) is 4.42 Å². The lowest BCUT2D eigenvalue weighted by molar-refractivity contribution is -0.130.